The molecule has 42 nitrogen and oxygen atoms in total. The van der Waals surface area contributed by atoms with E-state index in [1.807, 2.05) is 0 Å². The fourth-order valence-electron chi connectivity index (χ4n) is 15.6. The number of aliphatic hydroxyl groups excluding tert-OH is 1. The zero-order chi connectivity index (χ0) is 93.2. The van der Waals surface area contributed by atoms with Gasteiger partial charge in [-0.3, -0.25) is 77.1 Å². The quantitative estimate of drug-likeness (QED) is 0.0150. The van der Waals surface area contributed by atoms with Crippen molar-refractivity contribution in [3.8, 4) is 5.75 Å². The van der Waals surface area contributed by atoms with Crippen LogP contribution in [-0.4, -0.2) is 269 Å². The topological polar surface area (TPSA) is 705 Å². The summed E-state index contributed by atoms with van der Waals surface area (Å²) in [5.41, 5.74) is 54.3. The van der Waals surface area contributed by atoms with Crippen molar-refractivity contribution in [2.45, 2.75) is 285 Å². The Bertz CT molecular complexity index is 4160. The predicted octanol–water partition coefficient (Wildman–Crippen LogP) is -4.33. The zero-order valence-electron chi connectivity index (χ0n) is 73.8. The smallest absolute Gasteiger partial charge is 0.246 e. The van der Waals surface area contributed by atoms with E-state index in [1.165, 1.54) is 47.9 Å². The molecule has 0 spiro atoms. The molecule has 3 aliphatic rings. The minimum Gasteiger partial charge on any atom is -0.508 e. The molecule has 3 aromatic rings. The number of phenolic OH excluding ortho intramolecular Hbond substituents is 1. The molecule has 15 atom stereocenters. The fraction of sp³-hybridized carbons (Fsp3) is 0.647. The number of carbonyl (C=O) groups is 14. The van der Waals surface area contributed by atoms with E-state index in [9.17, 15) is 29.4 Å². The maximum Gasteiger partial charge on any atom is 0.246 e. The van der Waals surface area contributed by atoms with Gasteiger partial charge in [-0.15, -0.1) is 0 Å². The second-order valence-corrected chi connectivity index (χ2v) is 33.3. The van der Waals surface area contributed by atoms with Gasteiger partial charge in [0.15, 0.2) is 11.9 Å². The van der Waals surface area contributed by atoms with Gasteiger partial charge in [0.1, 0.15) is 90.3 Å². The summed E-state index contributed by atoms with van der Waals surface area (Å²) in [6.07, 6.45) is 3.17. The minimum absolute atomic E-state index is 0.0185. The van der Waals surface area contributed by atoms with E-state index < -0.39 is 173 Å². The zero-order valence-corrected chi connectivity index (χ0v) is 73.8. The summed E-state index contributed by atoms with van der Waals surface area (Å²) in [5.74, 6) is -13.0. The van der Waals surface area contributed by atoms with Crippen LogP contribution in [0, 0.1) is 5.92 Å². The number of hydrogen-bond donors (Lipinski definition) is 24. The molecule has 2 aromatic carbocycles. The fourth-order valence-corrected chi connectivity index (χ4v) is 15.6. The summed E-state index contributed by atoms with van der Waals surface area (Å²) in [6, 6.07) is -7.35. The number of rotatable bonds is 35. The molecule has 0 aliphatic carbocycles. The first-order chi connectivity index (χ1) is 60.7. The van der Waals surface area contributed by atoms with E-state index in [-0.39, 0.29) is 192 Å². The number of aromatic amines is 1. The third-order valence-electron chi connectivity index (χ3n) is 22.6. The number of phenols is 1. The molecule has 4 heterocycles. The van der Waals surface area contributed by atoms with Crippen molar-refractivity contribution in [3.05, 3.63) is 65.9 Å². The van der Waals surface area contributed by atoms with Crippen molar-refractivity contribution >= 4 is 106 Å². The van der Waals surface area contributed by atoms with Crippen LogP contribution in [0.5, 0.6) is 5.75 Å². The normalized spacial score (nSPS) is 24.7. The van der Waals surface area contributed by atoms with Crippen molar-refractivity contribution in [2.24, 2.45) is 67.5 Å². The van der Waals surface area contributed by atoms with Crippen LogP contribution in [0.2, 0.25) is 0 Å². The van der Waals surface area contributed by atoms with Crippen molar-refractivity contribution in [2.75, 3.05) is 58.9 Å². The van der Waals surface area contributed by atoms with Crippen LogP contribution in [0.25, 0.3) is 10.9 Å². The number of nitrogens with one attached hydrogen (secondary N) is 13. The van der Waals surface area contributed by atoms with Gasteiger partial charge in [0.25, 0.3) is 0 Å². The third kappa shape index (κ3) is 34.4. The summed E-state index contributed by atoms with van der Waals surface area (Å²) in [4.78, 5) is 224. The van der Waals surface area contributed by atoms with Crippen molar-refractivity contribution in [1.29, 1.82) is 0 Å². The van der Waals surface area contributed by atoms with Crippen LogP contribution < -0.4 is 115 Å². The summed E-state index contributed by atoms with van der Waals surface area (Å²) >= 11 is 0. The van der Waals surface area contributed by atoms with Gasteiger partial charge >= 0.3 is 0 Å². The first-order valence-electron chi connectivity index (χ1n) is 44.6. The summed E-state index contributed by atoms with van der Waals surface area (Å²) in [5, 5.41) is 55.3. The Morgan fingerprint density at radius 1 is 0.402 bits per heavy atom. The van der Waals surface area contributed by atoms with Crippen molar-refractivity contribution < 1.29 is 77.3 Å². The van der Waals surface area contributed by atoms with Crippen LogP contribution in [0.1, 0.15) is 193 Å². The van der Waals surface area contributed by atoms with Gasteiger partial charge in [0, 0.05) is 56.1 Å². The first-order valence-corrected chi connectivity index (χ1v) is 44.6. The number of H-pyrrole nitrogens is 1. The lowest BCUT2D eigenvalue weighted by atomic mass is 9.99. The largest absolute Gasteiger partial charge is 0.508 e. The Morgan fingerprint density at radius 2 is 0.764 bits per heavy atom. The van der Waals surface area contributed by atoms with Crippen LogP contribution in [-0.2, 0) is 80.0 Å². The highest BCUT2D eigenvalue weighted by Crippen LogP contribution is 2.28. The van der Waals surface area contributed by atoms with Gasteiger partial charge in [0.2, 0.25) is 82.7 Å². The molecule has 14 amide bonds. The van der Waals surface area contributed by atoms with Crippen LogP contribution in [0.15, 0.2) is 64.7 Å². The number of aromatic hydroxyl groups is 1. The standard InChI is InChI=1S/C85H140N26O16/c1-49(2)45-64-77(121)103-59(25-9-14-38-88)74(118)100-58(24-8-13-37-87)72(116)101-61(28-17-41-95-84(91)92)75(119)102-62(29-18-42-96-85(93)94)76(120)107-66(47-53-48-97-56-22-6-5-21-55(53)56)79(123)104-60(26-10-15-39-89)73(117)99-57(23-7-12-36-86)71(115)98-50(3)70(114)105-63(27-11-16-40-90)82(126)111-44-20-31-68(111)83(127)110-43-19-30-67(110)80(124)109-69(51(4)112)81(125)108-65(78(122)106-64)46-52-32-34-54(113)35-33-52/h5-6,21-22,32-35,48-51,57-69,97,112-113H,7-20,23-31,36-47,86-90H2,1-4H3,(H,98,115)(H,99,117)(H,100,118)(H,101,116)(H,102,119)(H,103,121)(H,104,123)(H,105,114)(H,106,122)(H,107,120)(H,108,125)(H,109,124)(H4,91,92,95)(H4,93,94,96)/t50-,51+,57-,58-,59-,60-,61-,62-,63-,64-,65-,66-,67-,68+,69-/m0/s1. The molecule has 1 aromatic heterocycles. The van der Waals surface area contributed by atoms with Gasteiger partial charge in [-0.25, -0.2) is 0 Å². The van der Waals surface area contributed by atoms with E-state index >= 15 is 47.9 Å². The van der Waals surface area contributed by atoms with E-state index in [1.54, 1.807) is 44.3 Å². The van der Waals surface area contributed by atoms with Crippen molar-refractivity contribution in [1.82, 2.24) is 78.6 Å². The number of unbranched alkanes of at least 4 members (excludes halogenated alkanes) is 5. The number of aliphatic hydroxyl groups is 1. The predicted molar refractivity (Wildman–Crippen MR) is 478 cm³/mol. The molecule has 3 fully saturated rings. The van der Waals surface area contributed by atoms with Gasteiger partial charge in [-0.1, -0.05) is 44.2 Å². The molecule has 0 saturated carbocycles. The van der Waals surface area contributed by atoms with Gasteiger partial charge in [-0.2, -0.15) is 0 Å². The van der Waals surface area contributed by atoms with E-state index in [2.05, 4.69) is 78.8 Å². The maximum atomic E-state index is 15.4. The van der Waals surface area contributed by atoms with Crippen LogP contribution in [0.4, 0.5) is 0 Å². The highest BCUT2D eigenvalue weighted by molar-refractivity contribution is 6.02. The molecule has 706 valence electrons. The molecular formula is C85H140N26O16. The van der Waals surface area contributed by atoms with Gasteiger partial charge in [-0.05, 0) is 236 Å². The number of benzene rings is 2. The molecule has 42 heteroatoms. The lowest BCUT2D eigenvalue weighted by molar-refractivity contribution is -0.148. The lowest BCUT2D eigenvalue weighted by Crippen LogP contribution is -2.62. The number of aliphatic imine (C=N–C) groups is 2. The molecule has 3 saturated heterocycles. The number of nitrogens with zero attached hydrogens (tertiary/aromatic N) is 4. The molecular weight excluding hydrogens is 1640 g/mol. The van der Waals surface area contributed by atoms with Crippen LogP contribution in [0.3, 0.4) is 0 Å². The minimum atomic E-state index is -1.79. The average molecular weight is 1780 g/mol. The number of carbonyl (C=O) groups excluding carboxylic acids is 14. The molecule has 127 heavy (non-hydrogen) atoms. The van der Waals surface area contributed by atoms with Crippen molar-refractivity contribution in [3.63, 3.8) is 0 Å². The molecule has 6 rings (SSSR count). The monoisotopic (exact) mass is 1780 g/mol. The van der Waals surface area contributed by atoms with E-state index in [0.717, 1.165) is 0 Å². The Morgan fingerprint density at radius 3 is 1.20 bits per heavy atom. The second kappa shape index (κ2) is 54.6. The highest BCUT2D eigenvalue weighted by Gasteiger charge is 2.46. The average Bonchev–Trinajstić information content (AvgIpc) is 1.65. The molecule has 0 radical (unpaired) electrons. The van der Waals surface area contributed by atoms with Gasteiger partial charge in [0.05, 0.1) is 6.10 Å². The molecule has 33 N–H and O–H groups in total. The Balaban J connectivity index is 1.48. The second-order valence-electron chi connectivity index (χ2n) is 33.3. The van der Waals surface area contributed by atoms with Crippen LogP contribution >= 0.6 is 0 Å². The highest BCUT2D eigenvalue weighted by atomic mass is 16.3. The summed E-state index contributed by atoms with van der Waals surface area (Å²) in [7, 11) is 0. The summed E-state index contributed by atoms with van der Waals surface area (Å²) in [6.45, 7) is 7.09. The Labute approximate surface area is 741 Å². The molecule has 3 aliphatic heterocycles. The van der Waals surface area contributed by atoms with Gasteiger partial charge < -0.3 is 140 Å². The molecule has 0 unspecified atom stereocenters. The van der Waals surface area contributed by atoms with E-state index in [0.29, 0.717) is 79.8 Å². The molecule has 0 bridgehead atoms. The van der Waals surface area contributed by atoms with E-state index in [4.69, 9.17) is 51.6 Å². The SMILES string of the molecule is CC(C)C[C@@H]1NC(=O)[C@H](Cc2ccc(O)cc2)NC(=O)[C@H]([C@@H](C)O)NC(=O)[C@@H]2CCCN2C(=O)[C@H]2CCCN2C(=O)[C@H](CCCCN)NC(=O)[C@H](C)NC(=O)[C@H](CCCCN)NC(=O)[C@H](CCCCN)NC(=O)[C@H](Cc2c[nH]c3ccccc23)NC(=O)[C@H](CCCN=C(N)N)NC(=O)[C@H](CCCN=C(N)N)NC(=O)[C@H](CCCCN)NC(=O)[C@H](CCCCN)NC1=O. The maximum absolute atomic E-state index is 15.4. The number of hydrogen-bond acceptors (Lipinski definition) is 23. The summed E-state index contributed by atoms with van der Waals surface area (Å²) < 4.78 is 0. The lowest BCUT2D eigenvalue weighted by Gasteiger charge is -2.34. The third-order valence-corrected chi connectivity index (χ3v) is 22.6. The number of guanidine groups is 2. The Kier molecular flexibility index (Phi) is 44.9. The number of aromatic nitrogens is 1. The number of fused-ring (bicyclic) bond motifs is 3. The number of amides is 14. The first kappa shape index (κ1) is 104. The number of para-hydroxylation sites is 1. The number of nitrogens with two attached hydrogens (primary N) is 9. The Hall–Kier alpha value is -11.3.